The second kappa shape index (κ2) is 6.90. The number of nitrogens with one attached hydrogen (secondary N) is 1. The Labute approximate surface area is 165 Å². The van der Waals surface area contributed by atoms with Crippen molar-refractivity contribution in [3.05, 3.63) is 83.6 Å². The summed E-state index contributed by atoms with van der Waals surface area (Å²) in [5.74, 6) is -0.188. The van der Waals surface area contributed by atoms with Crippen LogP contribution in [0.25, 0.3) is 26.5 Å². The molecule has 0 spiro atoms. The number of benzene rings is 3. The Hall–Kier alpha value is -3.51. The van der Waals surface area contributed by atoms with Gasteiger partial charge in [0, 0.05) is 23.3 Å². The lowest BCUT2D eigenvalue weighted by Gasteiger charge is -2.07. The molecule has 0 aliphatic carbocycles. The first-order valence-electron chi connectivity index (χ1n) is 8.91. The Bertz CT molecular complexity index is 1270. The van der Waals surface area contributed by atoms with E-state index in [9.17, 15) is 4.79 Å². The zero-order valence-corrected chi connectivity index (χ0v) is 15.7. The van der Waals surface area contributed by atoms with Gasteiger partial charge >= 0.3 is 0 Å². The van der Waals surface area contributed by atoms with Gasteiger partial charge in [-0.1, -0.05) is 48.5 Å². The highest BCUT2D eigenvalue weighted by Crippen LogP contribution is 2.27. The molecule has 136 valence electrons. The average molecular weight is 384 g/mol. The van der Waals surface area contributed by atoms with Crippen LogP contribution in [0.3, 0.4) is 0 Å². The standard InChI is InChI=1S/C22H16N4OS/c27-21(12-17-14-26-9-10-28-22(26)24-17)25-23-13-20-18-7-3-1-5-15(18)11-16-6-2-4-8-19(16)20/h1-11,13-14H,12H2,(H,25,27)/b23-13-. The van der Waals surface area contributed by atoms with Crippen LogP contribution in [-0.2, 0) is 11.2 Å². The number of carbonyl (C=O) groups is 1. The van der Waals surface area contributed by atoms with Gasteiger partial charge in [0.2, 0.25) is 5.91 Å². The van der Waals surface area contributed by atoms with Crippen molar-refractivity contribution in [2.75, 3.05) is 0 Å². The predicted octanol–water partition coefficient (Wildman–Crippen LogP) is 4.40. The Morgan fingerprint density at radius 1 is 1.11 bits per heavy atom. The van der Waals surface area contributed by atoms with E-state index in [2.05, 4.69) is 45.8 Å². The summed E-state index contributed by atoms with van der Waals surface area (Å²) in [6.07, 6.45) is 5.72. The number of carbonyl (C=O) groups excluding carboxylic acids is 1. The normalized spacial score (nSPS) is 11.7. The first-order chi connectivity index (χ1) is 13.8. The van der Waals surface area contributed by atoms with Crippen LogP contribution in [0, 0.1) is 0 Å². The van der Waals surface area contributed by atoms with E-state index < -0.39 is 0 Å². The van der Waals surface area contributed by atoms with Crippen LogP contribution in [-0.4, -0.2) is 21.5 Å². The Kier molecular flexibility index (Phi) is 4.10. The molecule has 1 N–H and O–H groups in total. The van der Waals surface area contributed by atoms with Crippen LogP contribution < -0.4 is 5.43 Å². The highest BCUT2D eigenvalue weighted by molar-refractivity contribution is 7.15. The second-order valence-corrected chi connectivity index (χ2v) is 7.40. The first kappa shape index (κ1) is 16.6. The highest BCUT2D eigenvalue weighted by atomic mass is 32.1. The number of imidazole rings is 1. The molecule has 0 saturated heterocycles. The fourth-order valence-corrected chi connectivity index (χ4v) is 4.14. The lowest BCUT2D eigenvalue weighted by Crippen LogP contribution is -2.20. The molecule has 0 bridgehead atoms. The lowest BCUT2D eigenvalue weighted by molar-refractivity contribution is -0.120. The van der Waals surface area contributed by atoms with Crippen molar-refractivity contribution in [3.8, 4) is 0 Å². The summed E-state index contributed by atoms with van der Waals surface area (Å²) in [6.45, 7) is 0. The van der Waals surface area contributed by atoms with Gasteiger partial charge in [-0.15, -0.1) is 11.3 Å². The third-order valence-electron chi connectivity index (χ3n) is 4.68. The number of hydrazone groups is 1. The number of fused-ring (bicyclic) bond motifs is 3. The summed E-state index contributed by atoms with van der Waals surface area (Å²) in [4.78, 5) is 17.6. The molecule has 0 aliphatic heterocycles. The fourth-order valence-electron chi connectivity index (χ4n) is 3.42. The number of aromatic nitrogens is 2. The molecule has 5 nitrogen and oxygen atoms in total. The number of rotatable bonds is 4. The van der Waals surface area contributed by atoms with Gasteiger partial charge in [-0.3, -0.25) is 9.20 Å². The molecule has 0 unspecified atom stereocenters. The zero-order valence-electron chi connectivity index (χ0n) is 14.9. The van der Waals surface area contributed by atoms with E-state index in [1.165, 1.54) is 0 Å². The number of nitrogens with zero attached hydrogens (tertiary/aromatic N) is 3. The van der Waals surface area contributed by atoms with Gasteiger partial charge in [0.1, 0.15) is 0 Å². The van der Waals surface area contributed by atoms with Crippen LogP contribution in [0.2, 0.25) is 0 Å². The van der Waals surface area contributed by atoms with Gasteiger partial charge in [0.25, 0.3) is 0 Å². The average Bonchev–Trinajstić information content (AvgIpc) is 3.29. The van der Waals surface area contributed by atoms with Gasteiger partial charge < -0.3 is 0 Å². The number of hydrogen-bond acceptors (Lipinski definition) is 4. The van der Waals surface area contributed by atoms with Crippen LogP contribution in [0.1, 0.15) is 11.3 Å². The quantitative estimate of drug-likeness (QED) is 0.284. The monoisotopic (exact) mass is 384 g/mol. The van der Waals surface area contributed by atoms with Crippen LogP contribution >= 0.6 is 11.3 Å². The molecular weight excluding hydrogens is 368 g/mol. The highest BCUT2D eigenvalue weighted by Gasteiger charge is 2.08. The summed E-state index contributed by atoms with van der Waals surface area (Å²) in [7, 11) is 0. The van der Waals surface area contributed by atoms with Crippen molar-refractivity contribution in [1.29, 1.82) is 0 Å². The summed E-state index contributed by atoms with van der Waals surface area (Å²) in [6, 6.07) is 18.6. The third kappa shape index (κ3) is 3.04. The van der Waals surface area contributed by atoms with Gasteiger partial charge in [-0.05, 0) is 27.6 Å². The van der Waals surface area contributed by atoms with Crippen molar-refractivity contribution < 1.29 is 4.79 Å². The molecule has 3 aromatic carbocycles. The number of hydrogen-bond donors (Lipinski definition) is 1. The zero-order chi connectivity index (χ0) is 18.9. The van der Waals surface area contributed by atoms with E-state index in [0.29, 0.717) is 0 Å². The maximum absolute atomic E-state index is 12.3. The van der Waals surface area contributed by atoms with E-state index in [1.807, 2.05) is 46.4 Å². The minimum atomic E-state index is -0.188. The van der Waals surface area contributed by atoms with Crippen molar-refractivity contribution in [1.82, 2.24) is 14.8 Å². The van der Waals surface area contributed by atoms with Gasteiger partial charge in [-0.25, -0.2) is 10.4 Å². The molecule has 0 radical (unpaired) electrons. The van der Waals surface area contributed by atoms with Crippen molar-refractivity contribution in [2.45, 2.75) is 6.42 Å². The maximum atomic E-state index is 12.3. The van der Waals surface area contributed by atoms with Gasteiger partial charge in [0.05, 0.1) is 18.3 Å². The summed E-state index contributed by atoms with van der Waals surface area (Å²) < 4.78 is 1.92. The molecule has 5 aromatic rings. The molecule has 6 heteroatoms. The molecule has 2 aromatic heterocycles. The van der Waals surface area contributed by atoms with Gasteiger partial charge in [-0.2, -0.15) is 5.10 Å². The molecule has 0 atom stereocenters. The molecule has 2 heterocycles. The minimum Gasteiger partial charge on any atom is -0.297 e. The van der Waals surface area contributed by atoms with E-state index in [0.717, 1.165) is 37.8 Å². The summed E-state index contributed by atoms with van der Waals surface area (Å²) >= 11 is 1.54. The molecule has 0 fully saturated rings. The molecule has 0 aliphatic rings. The largest absolute Gasteiger partial charge is 0.297 e. The molecular formula is C22H16N4OS. The third-order valence-corrected chi connectivity index (χ3v) is 5.45. The number of thiazole rings is 1. The van der Waals surface area contributed by atoms with E-state index >= 15 is 0 Å². The summed E-state index contributed by atoms with van der Waals surface area (Å²) in [5, 5.41) is 10.7. The van der Waals surface area contributed by atoms with Crippen molar-refractivity contribution >= 4 is 50.0 Å². The molecule has 28 heavy (non-hydrogen) atoms. The lowest BCUT2D eigenvalue weighted by atomic mass is 9.97. The molecule has 0 saturated carbocycles. The first-order valence-corrected chi connectivity index (χ1v) is 9.79. The van der Waals surface area contributed by atoms with E-state index in [4.69, 9.17) is 0 Å². The SMILES string of the molecule is O=C(Cc1cn2ccsc2n1)N/N=C\c1c2ccccc2cc2ccccc12. The molecule has 5 rings (SSSR count). The maximum Gasteiger partial charge on any atom is 0.246 e. The topological polar surface area (TPSA) is 58.8 Å². The minimum absolute atomic E-state index is 0.188. The van der Waals surface area contributed by atoms with Crippen LogP contribution in [0.4, 0.5) is 0 Å². The van der Waals surface area contributed by atoms with E-state index in [-0.39, 0.29) is 12.3 Å². The van der Waals surface area contributed by atoms with Crippen molar-refractivity contribution in [3.63, 3.8) is 0 Å². The van der Waals surface area contributed by atoms with Crippen LogP contribution in [0.5, 0.6) is 0 Å². The van der Waals surface area contributed by atoms with E-state index in [1.54, 1.807) is 17.6 Å². The Morgan fingerprint density at radius 3 is 2.54 bits per heavy atom. The predicted molar refractivity (Wildman–Crippen MR) is 114 cm³/mol. The number of amides is 1. The Balaban J connectivity index is 1.41. The summed E-state index contributed by atoms with van der Waals surface area (Å²) in [5.41, 5.74) is 4.36. The Morgan fingerprint density at radius 2 is 1.82 bits per heavy atom. The second-order valence-electron chi connectivity index (χ2n) is 6.53. The smallest absolute Gasteiger partial charge is 0.246 e. The molecule has 1 amide bonds. The van der Waals surface area contributed by atoms with Crippen LogP contribution in [0.15, 0.2) is 77.5 Å². The fraction of sp³-hybridized carbons (Fsp3) is 0.0455. The van der Waals surface area contributed by atoms with Gasteiger partial charge in [0.15, 0.2) is 4.96 Å². The van der Waals surface area contributed by atoms with Crippen molar-refractivity contribution in [2.24, 2.45) is 5.10 Å².